The Kier molecular flexibility index (Phi) is 3.79. The molecule has 3 rings (SSSR count). The number of thiazole rings is 1. The van der Waals surface area contributed by atoms with Gasteiger partial charge in [0.15, 0.2) is 5.13 Å². The molecule has 0 aliphatic carbocycles. The van der Waals surface area contributed by atoms with E-state index in [2.05, 4.69) is 34.5 Å². The summed E-state index contributed by atoms with van der Waals surface area (Å²) >= 11 is 1.37. The molecule has 1 amide bonds. The summed E-state index contributed by atoms with van der Waals surface area (Å²) in [4.78, 5) is 16.2. The molecule has 0 radical (unpaired) electrons. The SMILES string of the molecule is CCc1ccc(-c2csc(NC(=O)c3ccno3)n2)cc1. The molecule has 21 heavy (non-hydrogen) atoms. The number of amides is 1. The quantitative estimate of drug-likeness (QED) is 0.799. The lowest BCUT2D eigenvalue weighted by Gasteiger charge is -1.99. The lowest BCUT2D eigenvalue weighted by Crippen LogP contribution is -2.10. The van der Waals surface area contributed by atoms with E-state index < -0.39 is 0 Å². The van der Waals surface area contributed by atoms with Crippen LogP contribution in [-0.4, -0.2) is 16.0 Å². The number of nitrogens with zero attached hydrogens (tertiary/aromatic N) is 2. The summed E-state index contributed by atoms with van der Waals surface area (Å²) < 4.78 is 4.80. The summed E-state index contributed by atoms with van der Waals surface area (Å²) in [6.07, 6.45) is 2.44. The van der Waals surface area contributed by atoms with E-state index in [0.717, 1.165) is 17.7 Å². The third-order valence-corrected chi connectivity index (χ3v) is 3.80. The first kappa shape index (κ1) is 13.5. The molecular weight excluding hydrogens is 286 g/mol. The normalized spacial score (nSPS) is 10.5. The number of benzene rings is 1. The van der Waals surface area contributed by atoms with Crippen molar-refractivity contribution in [3.63, 3.8) is 0 Å². The summed E-state index contributed by atoms with van der Waals surface area (Å²) in [7, 11) is 0. The van der Waals surface area contributed by atoms with E-state index in [1.165, 1.54) is 29.2 Å². The minimum atomic E-state index is -0.352. The van der Waals surface area contributed by atoms with Crippen LogP contribution in [0.15, 0.2) is 46.4 Å². The van der Waals surface area contributed by atoms with Crippen LogP contribution in [0.5, 0.6) is 0 Å². The molecule has 0 saturated heterocycles. The minimum Gasteiger partial charge on any atom is -0.351 e. The van der Waals surface area contributed by atoms with Gasteiger partial charge in [-0.3, -0.25) is 10.1 Å². The number of nitrogens with one attached hydrogen (secondary N) is 1. The van der Waals surface area contributed by atoms with Crippen LogP contribution in [0.25, 0.3) is 11.3 Å². The summed E-state index contributed by atoms with van der Waals surface area (Å²) in [6, 6.07) is 9.75. The summed E-state index contributed by atoms with van der Waals surface area (Å²) in [5.41, 5.74) is 3.16. The molecule has 2 heterocycles. The predicted octanol–water partition coefficient (Wildman–Crippen LogP) is 3.61. The number of hydrogen-bond acceptors (Lipinski definition) is 5. The fourth-order valence-corrected chi connectivity index (χ4v) is 2.58. The Morgan fingerprint density at radius 2 is 2.10 bits per heavy atom. The van der Waals surface area contributed by atoms with Gasteiger partial charge in [-0.25, -0.2) is 4.98 Å². The van der Waals surface area contributed by atoms with E-state index in [4.69, 9.17) is 4.52 Å². The van der Waals surface area contributed by atoms with Crippen molar-refractivity contribution in [1.82, 2.24) is 10.1 Å². The maximum absolute atomic E-state index is 11.8. The molecule has 0 saturated carbocycles. The topological polar surface area (TPSA) is 68.0 Å². The van der Waals surface area contributed by atoms with E-state index in [9.17, 15) is 4.79 Å². The maximum Gasteiger partial charge on any atom is 0.296 e. The maximum atomic E-state index is 11.8. The van der Waals surface area contributed by atoms with Crippen LogP contribution in [0, 0.1) is 0 Å². The van der Waals surface area contributed by atoms with E-state index in [1.54, 1.807) is 0 Å². The average molecular weight is 299 g/mol. The molecule has 2 aromatic heterocycles. The van der Waals surface area contributed by atoms with E-state index in [-0.39, 0.29) is 11.7 Å². The summed E-state index contributed by atoms with van der Waals surface area (Å²) in [5, 5.41) is 8.64. The number of carbonyl (C=O) groups excluding carboxylic acids is 1. The number of carbonyl (C=O) groups is 1. The van der Waals surface area contributed by atoms with Gasteiger partial charge in [0.2, 0.25) is 5.76 Å². The highest BCUT2D eigenvalue weighted by atomic mass is 32.1. The van der Waals surface area contributed by atoms with Crippen molar-refractivity contribution in [2.75, 3.05) is 5.32 Å². The molecule has 0 aliphatic rings. The van der Waals surface area contributed by atoms with Gasteiger partial charge in [-0.1, -0.05) is 36.3 Å². The third kappa shape index (κ3) is 3.00. The lowest BCUT2D eigenvalue weighted by molar-refractivity contribution is 0.0988. The van der Waals surface area contributed by atoms with Crippen LogP contribution >= 0.6 is 11.3 Å². The zero-order valence-corrected chi connectivity index (χ0v) is 12.2. The molecule has 0 bridgehead atoms. The van der Waals surface area contributed by atoms with Crippen molar-refractivity contribution >= 4 is 22.4 Å². The Balaban J connectivity index is 1.75. The molecule has 106 valence electrons. The molecule has 0 aliphatic heterocycles. The van der Waals surface area contributed by atoms with E-state index in [0.29, 0.717) is 5.13 Å². The average Bonchev–Trinajstić information content (AvgIpc) is 3.19. The standard InChI is InChI=1S/C15H13N3O2S/c1-2-10-3-5-11(6-4-10)12-9-21-15(17-12)18-14(19)13-7-8-16-20-13/h3-9H,2H2,1H3,(H,17,18,19). The van der Waals surface area contributed by atoms with Gasteiger partial charge in [0.25, 0.3) is 5.91 Å². The van der Waals surface area contributed by atoms with Crippen LogP contribution in [0.4, 0.5) is 5.13 Å². The molecule has 0 unspecified atom stereocenters. The van der Waals surface area contributed by atoms with E-state index >= 15 is 0 Å². The van der Waals surface area contributed by atoms with Crippen molar-refractivity contribution in [2.45, 2.75) is 13.3 Å². The van der Waals surface area contributed by atoms with Crippen molar-refractivity contribution < 1.29 is 9.32 Å². The third-order valence-electron chi connectivity index (χ3n) is 3.04. The molecule has 6 heteroatoms. The predicted molar refractivity (Wildman–Crippen MR) is 81.4 cm³/mol. The summed E-state index contributed by atoms with van der Waals surface area (Å²) in [6.45, 7) is 2.12. The van der Waals surface area contributed by atoms with Gasteiger partial charge in [-0.15, -0.1) is 11.3 Å². The largest absolute Gasteiger partial charge is 0.351 e. The summed E-state index contributed by atoms with van der Waals surface area (Å²) in [5.74, 6) is -0.186. The Hall–Kier alpha value is -2.47. The second-order valence-electron chi connectivity index (χ2n) is 4.42. The Labute approximate surface area is 125 Å². The highest BCUT2D eigenvalue weighted by Crippen LogP contribution is 2.25. The smallest absolute Gasteiger partial charge is 0.296 e. The zero-order chi connectivity index (χ0) is 14.7. The number of aryl methyl sites for hydroxylation is 1. The molecule has 1 N–H and O–H groups in total. The molecule has 0 fully saturated rings. The lowest BCUT2D eigenvalue weighted by atomic mass is 10.1. The van der Waals surface area contributed by atoms with Gasteiger partial charge in [-0.2, -0.15) is 0 Å². The highest BCUT2D eigenvalue weighted by Gasteiger charge is 2.12. The first-order chi connectivity index (χ1) is 10.3. The Morgan fingerprint density at radius 1 is 1.29 bits per heavy atom. The van der Waals surface area contributed by atoms with Crippen molar-refractivity contribution in [3.05, 3.63) is 53.2 Å². The Morgan fingerprint density at radius 3 is 2.76 bits per heavy atom. The molecule has 0 spiro atoms. The van der Waals surface area contributed by atoms with Crippen LogP contribution < -0.4 is 5.32 Å². The molecule has 5 nitrogen and oxygen atoms in total. The molecular formula is C15H13N3O2S. The molecule has 0 atom stereocenters. The van der Waals surface area contributed by atoms with Gasteiger partial charge < -0.3 is 4.52 Å². The van der Waals surface area contributed by atoms with Gasteiger partial charge in [-0.05, 0) is 12.0 Å². The number of hydrogen-bond donors (Lipinski definition) is 1. The van der Waals surface area contributed by atoms with Gasteiger partial charge in [0.1, 0.15) is 0 Å². The van der Waals surface area contributed by atoms with Crippen molar-refractivity contribution in [3.8, 4) is 11.3 Å². The second-order valence-corrected chi connectivity index (χ2v) is 5.28. The Bertz CT molecular complexity index is 733. The van der Waals surface area contributed by atoms with Gasteiger partial charge in [0, 0.05) is 17.0 Å². The van der Waals surface area contributed by atoms with Crippen LogP contribution in [0.1, 0.15) is 23.0 Å². The fraction of sp³-hybridized carbons (Fsp3) is 0.133. The van der Waals surface area contributed by atoms with Gasteiger partial charge >= 0.3 is 0 Å². The van der Waals surface area contributed by atoms with E-state index in [1.807, 2.05) is 17.5 Å². The number of aromatic nitrogens is 2. The van der Waals surface area contributed by atoms with Crippen LogP contribution in [0.2, 0.25) is 0 Å². The monoisotopic (exact) mass is 299 g/mol. The van der Waals surface area contributed by atoms with Crippen LogP contribution in [-0.2, 0) is 6.42 Å². The van der Waals surface area contributed by atoms with Crippen molar-refractivity contribution in [2.24, 2.45) is 0 Å². The minimum absolute atomic E-state index is 0.166. The van der Waals surface area contributed by atoms with Gasteiger partial charge in [0.05, 0.1) is 11.9 Å². The molecule has 1 aromatic carbocycles. The first-order valence-corrected chi connectivity index (χ1v) is 7.41. The molecule has 3 aromatic rings. The van der Waals surface area contributed by atoms with Crippen LogP contribution in [0.3, 0.4) is 0 Å². The highest BCUT2D eigenvalue weighted by molar-refractivity contribution is 7.14. The first-order valence-electron chi connectivity index (χ1n) is 6.53. The fourth-order valence-electron chi connectivity index (χ4n) is 1.87. The number of anilines is 1. The van der Waals surface area contributed by atoms with Crippen molar-refractivity contribution in [1.29, 1.82) is 0 Å². The number of rotatable bonds is 4. The second kappa shape index (κ2) is 5.88. The zero-order valence-electron chi connectivity index (χ0n) is 11.4.